The molecule has 0 spiro atoms. The fourth-order valence-corrected chi connectivity index (χ4v) is 10.5. The van der Waals surface area contributed by atoms with Crippen molar-refractivity contribution in [3.05, 3.63) is 69.2 Å². The maximum Gasteiger partial charge on any atom is 0.393 e. The molecule has 7 heterocycles. The molecule has 4 unspecified atom stereocenters. The van der Waals surface area contributed by atoms with Crippen LogP contribution in [0.4, 0.5) is 45.1 Å². The second kappa shape index (κ2) is 16.4. The first-order valence-corrected chi connectivity index (χ1v) is 22.5. The number of benzene rings is 2. The molecule has 65 heavy (non-hydrogen) atoms. The number of aromatic nitrogens is 5. The number of halogens is 6. The molecule has 344 valence electrons. The summed E-state index contributed by atoms with van der Waals surface area (Å²) in [5.74, 6) is -6.59. The fraction of sp³-hybridized carbons (Fsp3) is 0.511. The van der Waals surface area contributed by atoms with Crippen molar-refractivity contribution >= 4 is 68.4 Å². The Morgan fingerprint density at radius 3 is 2.48 bits per heavy atom. The number of anilines is 4. The Morgan fingerprint density at radius 1 is 0.954 bits per heavy atom. The van der Waals surface area contributed by atoms with Gasteiger partial charge in [0, 0.05) is 56.6 Å². The Bertz CT molecular complexity index is 2770. The number of hydrogen-bond donors (Lipinski definition) is 3. The number of fused-ring (bicyclic) bond motifs is 4. The fourth-order valence-electron chi connectivity index (χ4n) is 10.3. The molecule has 0 bridgehead atoms. The second-order valence-electron chi connectivity index (χ2n) is 18.3. The van der Waals surface area contributed by atoms with Crippen LogP contribution in [-0.2, 0) is 23.7 Å². The summed E-state index contributed by atoms with van der Waals surface area (Å²) < 4.78 is 83.5. The molecule has 5 aromatic rings. The average molecular weight is 923 g/mol. The molecule has 2 aromatic carbocycles. The van der Waals surface area contributed by atoms with Crippen LogP contribution in [0.25, 0.3) is 21.8 Å². The standard InChI is InChI=1S/C45H48ClF5N10O4/c1-58-33-9-6-27(18-30(33)37-38(42(58)64)65-22-44(47,48)39(55-37)24-3-4-24)53-40-32(46)19-52-43(56-40)61-16-13-26(31(21-61)45(49,50)51)20-60-14-11-23(12-15-60)25-5-7-28-34(17-25)59(2)57-36(28)29-8-10-35(62)54-41(29)63/h5-7,9,17-19,23-24,26,29,31,39,55H,3-4,8,10-16,20-22H2,1-2H3,(H,52,53,56)(H,54,62,63). The van der Waals surface area contributed by atoms with Gasteiger partial charge < -0.3 is 29.7 Å². The number of carbonyl (C=O) groups is 2. The van der Waals surface area contributed by atoms with Gasteiger partial charge in [-0.25, -0.2) is 13.8 Å². The van der Waals surface area contributed by atoms with Gasteiger partial charge in [-0.05, 0) is 99.2 Å². The van der Waals surface area contributed by atoms with Crippen LogP contribution in [0.1, 0.15) is 68.0 Å². The van der Waals surface area contributed by atoms with Gasteiger partial charge >= 0.3 is 12.1 Å². The number of carbonyl (C=O) groups excluding carboxylic acids is 2. The molecule has 4 fully saturated rings. The van der Waals surface area contributed by atoms with E-state index in [-0.39, 0.29) is 71.3 Å². The lowest BCUT2D eigenvalue weighted by molar-refractivity contribution is -0.191. The smallest absolute Gasteiger partial charge is 0.393 e. The number of amides is 2. The molecule has 5 aliphatic rings. The lowest BCUT2D eigenvalue weighted by Crippen LogP contribution is -2.51. The second-order valence-corrected chi connectivity index (χ2v) is 18.7. The Hall–Kier alpha value is -5.56. The number of ether oxygens (including phenoxy) is 1. The maximum atomic E-state index is 15.2. The SMILES string of the molecule is Cn1nc(C2CCC(=O)NC2=O)c2ccc(C3CCN(CC4CCN(c5ncc(Cl)c(Nc6ccc7c(c6)c6c(c(=O)n7C)OCC(F)(F)C(C7CC7)N6)n5)CC4C(F)(F)F)CC3)cc21. The van der Waals surface area contributed by atoms with Crippen LogP contribution in [0, 0.1) is 17.8 Å². The third-order valence-corrected chi connectivity index (χ3v) is 14.4. The number of nitrogens with zero attached hydrogens (tertiary/aromatic N) is 7. The summed E-state index contributed by atoms with van der Waals surface area (Å²) in [4.78, 5) is 50.2. The van der Waals surface area contributed by atoms with Gasteiger partial charge in [-0.1, -0.05) is 23.7 Å². The number of piperidine rings is 3. The zero-order valence-electron chi connectivity index (χ0n) is 35.7. The maximum absolute atomic E-state index is 15.2. The van der Waals surface area contributed by atoms with E-state index in [0.717, 1.165) is 29.3 Å². The summed E-state index contributed by atoms with van der Waals surface area (Å²) in [6.45, 7) is 0.662. The van der Waals surface area contributed by atoms with Crippen molar-refractivity contribution in [3.63, 3.8) is 0 Å². The van der Waals surface area contributed by atoms with E-state index in [4.69, 9.17) is 16.3 Å². The van der Waals surface area contributed by atoms with Gasteiger partial charge in [0.05, 0.1) is 46.5 Å². The van der Waals surface area contributed by atoms with E-state index in [1.54, 1.807) is 22.9 Å². The third kappa shape index (κ3) is 8.23. The van der Waals surface area contributed by atoms with E-state index in [1.807, 2.05) is 13.1 Å². The molecular weight excluding hydrogens is 875 g/mol. The first-order valence-electron chi connectivity index (χ1n) is 22.1. The van der Waals surface area contributed by atoms with E-state index in [2.05, 4.69) is 48.0 Å². The number of pyridine rings is 1. The van der Waals surface area contributed by atoms with Crippen LogP contribution in [0.3, 0.4) is 0 Å². The molecule has 1 aliphatic carbocycles. The molecule has 20 heteroatoms. The largest absolute Gasteiger partial charge is 0.480 e. The van der Waals surface area contributed by atoms with Crippen molar-refractivity contribution in [1.29, 1.82) is 0 Å². The van der Waals surface area contributed by atoms with Crippen LogP contribution < -0.4 is 31.1 Å². The predicted molar refractivity (Wildman–Crippen MR) is 234 cm³/mol. The molecule has 3 aromatic heterocycles. The van der Waals surface area contributed by atoms with E-state index < -0.39 is 48.1 Å². The highest BCUT2D eigenvalue weighted by atomic mass is 35.5. The molecular formula is C45H48ClF5N10O4. The van der Waals surface area contributed by atoms with E-state index in [1.165, 1.54) is 22.7 Å². The number of nitrogens with one attached hydrogen (secondary N) is 3. The number of hydrogen-bond acceptors (Lipinski definition) is 11. The predicted octanol–water partition coefficient (Wildman–Crippen LogP) is 7.24. The highest BCUT2D eigenvalue weighted by molar-refractivity contribution is 6.33. The first-order chi connectivity index (χ1) is 31.0. The first kappa shape index (κ1) is 43.3. The van der Waals surface area contributed by atoms with Crippen molar-refractivity contribution in [3.8, 4) is 5.75 Å². The molecule has 10 rings (SSSR count). The highest BCUT2D eigenvalue weighted by Crippen LogP contribution is 2.46. The lowest BCUT2D eigenvalue weighted by Gasteiger charge is -2.42. The van der Waals surface area contributed by atoms with Gasteiger partial charge in [-0.2, -0.15) is 23.3 Å². The van der Waals surface area contributed by atoms with Gasteiger partial charge in [0.1, 0.15) is 5.02 Å². The number of likely N-dealkylation sites (tertiary alicyclic amines) is 1. The minimum atomic E-state index is -4.47. The van der Waals surface area contributed by atoms with Crippen molar-refractivity contribution < 1.29 is 36.3 Å². The molecule has 3 saturated heterocycles. The lowest BCUT2D eigenvalue weighted by atomic mass is 9.83. The van der Waals surface area contributed by atoms with Crippen LogP contribution in [0.2, 0.25) is 5.02 Å². The zero-order valence-corrected chi connectivity index (χ0v) is 36.5. The van der Waals surface area contributed by atoms with Gasteiger partial charge in [-0.3, -0.25) is 24.4 Å². The summed E-state index contributed by atoms with van der Waals surface area (Å²) in [6.07, 6.45) is 0.658. The number of rotatable bonds is 8. The average Bonchev–Trinajstić information content (AvgIpc) is 4.08. The van der Waals surface area contributed by atoms with Gasteiger partial charge in [0.2, 0.25) is 23.5 Å². The Labute approximate surface area is 374 Å². The zero-order chi connectivity index (χ0) is 45.5. The van der Waals surface area contributed by atoms with E-state index >= 15 is 8.78 Å². The van der Waals surface area contributed by atoms with Crippen LogP contribution in [0.15, 0.2) is 47.4 Å². The summed E-state index contributed by atoms with van der Waals surface area (Å²) in [7, 11) is 3.37. The summed E-state index contributed by atoms with van der Waals surface area (Å²) >= 11 is 6.55. The van der Waals surface area contributed by atoms with Crippen LogP contribution >= 0.6 is 11.6 Å². The molecule has 14 nitrogen and oxygen atoms in total. The van der Waals surface area contributed by atoms with E-state index in [0.29, 0.717) is 67.7 Å². The van der Waals surface area contributed by atoms with Gasteiger partial charge in [0.15, 0.2) is 12.4 Å². The van der Waals surface area contributed by atoms with Gasteiger partial charge in [0.25, 0.3) is 5.56 Å². The summed E-state index contributed by atoms with van der Waals surface area (Å²) in [5.41, 5.74) is 3.20. The molecule has 4 atom stereocenters. The quantitative estimate of drug-likeness (QED) is 0.107. The number of alkyl halides is 5. The third-order valence-electron chi connectivity index (χ3n) is 14.1. The van der Waals surface area contributed by atoms with Crippen LogP contribution in [0.5, 0.6) is 5.75 Å². The Balaban J connectivity index is 0.812. The van der Waals surface area contributed by atoms with Crippen LogP contribution in [-0.4, -0.2) is 98.5 Å². The van der Waals surface area contributed by atoms with Gasteiger partial charge in [-0.15, -0.1) is 0 Å². The minimum absolute atomic E-state index is 0.0849. The monoisotopic (exact) mass is 922 g/mol. The molecule has 2 amide bonds. The molecule has 1 saturated carbocycles. The highest BCUT2D eigenvalue weighted by Gasteiger charge is 2.51. The normalized spacial score (nSPS) is 24.3. The number of aryl methyl sites for hydroxylation is 2. The van der Waals surface area contributed by atoms with Crippen molar-refractivity contribution in [2.24, 2.45) is 31.8 Å². The molecule has 3 N–H and O–H groups in total. The van der Waals surface area contributed by atoms with Crippen molar-refractivity contribution in [1.82, 2.24) is 34.5 Å². The topological polar surface area (TPSA) is 152 Å². The summed E-state index contributed by atoms with van der Waals surface area (Å²) in [6, 6.07) is 9.93. The van der Waals surface area contributed by atoms with Crippen molar-refractivity contribution in [2.45, 2.75) is 74.9 Å². The minimum Gasteiger partial charge on any atom is -0.480 e. The number of imide groups is 1. The Kier molecular flexibility index (Phi) is 10.9. The summed E-state index contributed by atoms with van der Waals surface area (Å²) in [5, 5.41) is 14.6. The Morgan fingerprint density at radius 2 is 1.74 bits per heavy atom. The van der Waals surface area contributed by atoms with E-state index in [9.17, 15) is 27.6 Å². The molecule has 0 radical (unpaired) electrons. The van der Waals surface area contributed by atoms with Crippen molar-refractivity contribution in [2.75, 3.05) is 54.9 Å². The molecule has 4 aliphatic heterocycles.